The Morgan fingerprint density at radius 2 is 1.97 bits per heavy atom. The molecule has 1 aromatic rings. The Labute approximate surface area is 203 Å². The summed E-state index contributed by atoms with van der Waals surface area (Å²) in [6.45, 7) is 1.65. The molecular weight excluding hydrogens is 458 g/mol. The van der Waals surface area contributed by atoms with Crippen LogP contribution in [-0.2, 0) is 20.9 Å². The second-order valence-electron chi connectivity index (χ2n) is 9.11. The van der Waals surface area contributed by atoms with Crippen LogP contribution < -0.4 is 16.4 Å². The van der Waals surface area contributed by atoms with Gasteiger partial charge in [-0.2, -0.15) is 0 Å². The van der Waals surface area contributed by atoms with Crippen LogP contribution in [0.25, 0.3) is 0 Å². The van der Waals surface area contributed by atoms with Gasteiger partial charge in [-0.1, -0.05) is 0 Å². The van der Waals surface area contributed by atoms with Crippen LogP contribution in [0.3, 0.4) is 0 Å². The van der Waals surface area contributed by atoms with Crippen LogP contribution in [0.2, 0.25) is 0 Å². The smallest absolute Gasteiger partial charge is 0.323 e. The zero-order valence-electron chi connectivity index (χ0n) is 20.0. The van der Waals surface area contributed by atoms with Crippen molar-refractivity contribution in [1.82, 2.24) is 25.3 Å². The van der Waals surface area contributed by atoms with Gasteiger partial charge in [0, 0.05) is 32.2 Å². The number of nitrogens with two attached hydrogens (primary N) is 1. The van der Waals surface area contributed by atoms with Gasteiger partial charge in [-0.3, -0.25) is 19.8 Å². The first-order chi connectivity index (χ1) is 16.5. The molecule has 13 heteroatoms. The first kappa shape index (κ1) is 25.8. The summed E-state index contributed by atoms with van der Waals surface area (Å²) in [6, 6.07) is 1.89. The topological polar surface area (TPSA) is 185 Å². The minimum absolute atomic E-state index is 0.0325. The van der Waals surface area contributed by atoms with Gasteiger partial charge in [-0.15, -0.1) is 0 Å². The van der Waals surface area contributed by atoms with E-state index in [-0.39, 0.29) is 24.6 Å². The molecule has 192 valence electrons. The van der Waals surface area contributed by atoms with Crippen LogP contribution in [0.1, 0.15) is 38.4 Å². The third kappa shape index (κ3) is 6.22. The van der Waals surface area contributed by atoms with E-state index in [1.165, 1.54) is 25.1 Å². The van der Waals surface area contributed by atoms with E-state index in [0.29, 0.717) is 44.5 Å². The van der Waals surface area contributed by atoms with Gasteiger partial charge in [0.25, 0.3) is 11.8 Å². The number of hydrogen-bond donors (Lipinski definition) is 5. The average Bonchev–Trinajstić information content (AvgIpc) is 3.53. The van der Waals surface area contributed by atoms with Gasteiger partial charge in [0.2, 0.25) is 0 Å². The molecule has 13 nitrogen and oxygen atoms in total. The summed E-state index contributed by atoms with van der Waals surface area (Å²) in [5, 5.41) is 22.1. The highest BCUT2D eigenvalue weighted by Crippen LogP contribution is 2.30. The molecule has 1 aliphatic heterocycles. The minimum atomic E-state index is -2.06. The first-order valence-electron chi connectivity index (χ1n) is 11.5. The third-order valence-electron chi connectivity index (χ3n) is 6.38. The standard InChI is InChI=1S/C22H33N7O6/c1-22(19(33)29(13-17(30)31)14-7-8-14,26-21(34)25-11-16-6-4-10-35-16)18(32)27(2)15-5-3-9-28(12-15)20(23)24/h4,6,10,14-15H,3,5,7-9,11-13H2,1-2H3,(H3,23,24)(H,30,31)(H2,25,26,34)/t15-,22-/m0/s1. The maximum Gasteiger partial charge on any atom is 0.323 e. The number of carboxylic acids is 1. The van der Waals surface area contributed by atoms with Crippen molar-refractivity contribution < 1.29 is 28.7 Å². The highest BCUT2D eigenvalue weighted by molar-refractivity contribution is 6.12. The molecule has 0 unspecified atom stereocenters. The fourth-order valence-electron chi connectivity index (χ4n) is 4.24. The van der Waals surface area contributed by atoms with Crippen molar-refractivity contribution in [2.45, 2.75) is 56.8 Å². The maximum atomic E-state index is 13.8. The Morgan fingerprint density at radius 1 is 1.26 bits per heavy atom. The third-order valence-corrected chi connectivity index (χ3v) is 6.38. The Kier molecular flexibility index (Phi) is 7.87. The molecule has 1 aliphatic carbocycles. The van der Waals surface area contributed by atoms with E-state index in [4.69, 9.17) is 15.6 Å². The largest absolute Gasteiger partial charge is 0.480 e. The van der Waals surface area contributed by atoms with Gasteiger partial charge in [0.15, 0.2) is 11.5 Å². The summed E-state index contributed by atoms with van der Waals surface area (Å²) in [5.74, 6) is -2.30. The SMILES string of the molecule is CN(C(=O)[C@](C)(NC(=O)NCc1ccco1)C(=O)N(CC(=O)O)C1CC1)[C@H]1CCCN(C(=N)N)C1. The second kappa shape index (κ2) is 10.7. The number of amides is 4. The number of guanidine groups is 1. The Balaban J connectivity index is 1.83. The van der Waals surface area contributed by atoms with Crippen molar-refractivity contribution in [1.29, 1.82) is 5.41 Å². The number of rotatable bonds is 9. The Hall–Kier alpha value is -3.77. The molecule has 1 saturated carbocycles. The molecule has 2 heterocycles. The van der Waals surface area contributed by atoms with Gasteiger partial charge in [0.05, 0.1) is 12.8 Å². The molecule has 2 aliphatic rings. The number of carboxylic acid groups (broad SMARTS) is 1. The van der Waals surface area contributed by atoms with E-state index in [1.54, 1.807) is 17.0 Å². The molecular formula is C22H33N7O6. The van der Waals surface area contributed by atoms with E-state index in [0.717, 1.165) is 4.90 Å². The average molecular weight is 492 g/mol. The van der Waals surface area contributed by atoms with E-state index in [1.807, 2.05) is 0 Å². The van der Waals surface area contributed by atoms with Crippen LogP contribution in [-0.4, -0.2) is 93.9 Å². The Morgan fingerprint density at radius 3 is 2.54 bits per heavy atom. The highest BCUT2D eigenvalue weighted by atomic mass is 16.4. The van der Waals surface area contributed by atoms with Crippen LogP contribution in [0.5, 0.6) is 0 Å². The lowest BCUT2D eigenvalue weighted by atomic mass is 9.95. The molecule has 1 aromatic heterocycles. The van der Waals surface area contributed by atoms with Gasteiger partial charge in [-0.05, 0) is 44.7 Å². The summed E-state index contributed by atoms with van der Waals surface area (Å²) in [6.07, 6.45) is 4.02. The number of likely N-dealkylation sites (tertiary alicyclic amines) is 1. The molecule has 2 atom stereocenters. The van der Waals surface area contributed by atoms with E-state index < -0.39 is 35.9 Å². The molecule has 2 fully saturated rings. The quantitative estimate of drug-likeness (QED) is 0.177. The lowest BCUT2D eigenvalue weighted by Gasteiger charge is -2.42. The van der Waals surface area contributed by atoms with Crippen LogP contribution in [0.4, 0.5) is 4.79 Å². The zero-order chi connectivity index (χ0) is 25.8. The zero-order valence-corrected chi connectivity index (χ0v) is 20.0. The van der Waals surface area contributed by atoms with Gasteiger partial charge >= 0.3 is 12.0 Å². The number of aliphatic carboxylic acids is 1. The van der Waals surface area contributed by atoms with Crippen molar-refractivity contribution in [3.8, 4) is 0 Å². The molecule has 0 spiro atoms. The summed E-state index contributed by atoms with van der Waals surface area (Å²) in [5.41, 5.74) is 3.56. The number of nitrogens with one attached hydrogen (secondary N) is 3. The number of nitrogens with zero attached hydrogens (tertiary/aromatic N) is 3. The van der Waals surface area contributed by atoms with Crippen LogP contribution in [0, 0.1) is 5.41 Å². The van der Waals surface area contributed by atoms with E-state index >= 15 is 0 Å². The van der Waals surface area contributed by atoms with Crippen molar-refractivity contribution >= 4 is 29.8 Å². The fourth-order valence-corrected chi connectivity index (χ4v) is 4.24. The van der Waals surface area contributed by atoms with Gasteiger partial charge in [0.1, 0.15) is 12.3 Å². The normalized spacial score (nSPS) is 19.3. The Bertz CT molecular complexity index is 964. The predicted molar refractivity (Wildman–Crippen MR) is 124 cm³/mol. The van der Waals surface area contributed by atoms with E-state index in [2.05, 4.69) is 10.6 Å². The molecule has 6 N–H and O–H groups in total. The molecule has 35 heavy (non-hydrogen) atoms. The van der Waals surface area contributed by atoms with Crippen LogP contribution >= 0.6 is 0 Å². The second-order valence-corrected chi connectivity index (χ2v) is 9.11. The maximum absolute atomic E-state index is 13.8. The van der Waals surface area contributed by atoms with Gasteiger partial charge < -0.3 is 40.6 Å². The summed E-state index contributed by atoms with van der Waals surface area (Å²) in [4.78, 5) is 55.8. The molecule has 3 rings (SSSR count). The number of hydrogen-bond acceptors (Lipinski definition) is 6. The molecule has 0 bridgehead atoms. The lowest BCUT2D eigenvalue weighted by Crippen LogP contribution is -2.69. The van der Waals surface area contributed by atoms with Gasteiger partial charge in [-0.25, -0.2) is 4.79 Å². The minimum Gasteiger partial charge on any atom is -0.480 e. The molecule has 1 saturated heterocycles. The summed E-state index contributed by atoms with van der Waals surface area (Å²) in [7, 11) is 1.53. The van der Waals surface area contributed by atoms with Crippen LogP contribution in [0.15, 0.2) is 22.8 Å². The van der Waals surface area contributed by atoms with Crippen molar-refractivity contribution in [3.63, 3.8) is 0 Å². The fraction of sp³-hybridized carbons (Fsp3) is 0.591. The number of carbonyl (C=O) groups is 4. The number of piperidine rings is 1. The van der Waals surface area contributed by atoms with Crippen molar-refractivity contribution in [2.75, 3.05) is 26.7 Å². The molecule has 0 radical (unpaired) electrons. The predicted octanol–water partition coefficient (Wildman–Crippen LogP) is -0.271. The first-order valence-corrected chi connectivity index (χ1v) is 11.5. The summed E-state index contributed by atoms with van der Waals surface area (Å²) < 4.78 is 5.19. The molecule has 0 aromatic carbocycles. The number of furan rings is 1. The number of likely N-dealkylation sites (N-methyl/N-ethyl adjacent to an activating group) is 1. The lowest BCUT2D eigenvalue weighted by molar-refractivity contribution is -0.155. The number of urea groups is 1. The van der Waals surface area contributed by atoms with Crippen molar-refractivity contribution in [2.24, 2.45) is 5.73 Å². The molecule has 4 amide bonds. The summed E-state index contributed by atoms with van der Waals surface area (Å²) >= 11 is 0. The van der Waals surface area contributed by atoms with E-state index in [9.17, 15) is 24.3 Å². The highest BCUT2D eigenvalue weighted by Gasteiger charge is 2.51. The monoisotopic (exact) mass is 491 g/mol. The van der Waals surface area contributed by atoms with Crippen molar-refractivity contribution in [3.05, 3.63) is 24.2 Å². The number of carbonyl (C=O) groups excluding carboxylic acids is 3.